The minimum atomic E-state index is -1.07. The van der Waals surface area contributed by atoms with E-state index in [2.05, 4.69) is 0 Å². The molecule has 1 aromatic rings. The average molecular weight is 246 g/mol. The molecule has 0 heterocycles. The molecule has 4 nitrogen and oxygen atoms in total. The van der Waals surface area contributed by atoms with Crippen molar-refractivity contribution >= 4 is 18.4 Å². The minimum Gasteiger partial charge on any atom is -0.507 e. The summed E-state index contributed by atoms with van der Waals surface area (Å²) < 4.78 is 0. The third kappa shape index (κ3) is 2.65. The van der Waals surface area contributed by atoms with Crippen LogP contribution in [-0.4, -0.2) is 16.2 Å². The second-order valence-electron chi connectivity index (χ2n) is 3.51. The molecule has 0 aliphatic carbocycles. The van der Waals surface area contributed by atoms with Gasteiger partial charge < -0.3 is 15.9 Å². The van der Waals surface area contributed by atoms with Crippen molar-refractivity contribution in [2.45, 2.75) is 26.3 Å². The molecule has 0 unspecified atom stereocenters. The fraction of sp³-hybridized carbons (Fsp3) is 0.364. The smallest absolute Gasteiger partial charge is 0.336 e. The van der Waals surface area contributed by atoms with Crippen molar-refractivity contribution in [3.63, 3.8) is 0 Å². The molecule has 0 aliphatic rings. The van der Waals surface area contributed by atoms with Crippen LogP contribution in [0.3, 0.4) is 0 Å². The first kappa shape index (κ1) is 14.7. The van der Waals surface area contributed by atoms with Crippen LogP contribution in [0.15, 0.2) is 12.1 Å². The number of phenolic OH excluding ortho intramolecular Hbond substituents is 1. The monoisotopic (exact) mass is 245 g/mol. The maximum atomic E-state index is 10.9. The van der Waals surface area contributed by atoms with Crippen LogP contribution in [0.1, 0.15) is 40.9 Å². The van der Waals surface area contributed by atoms with Crippen LogP contribution in [0.5, 0.6) is 5.75 Å². The minimum absolute atomic E-state index is 0. The first-order valence-corrected chi connectivity index (χ1v) is 4.80. The van der Waals surface area contributed by atoms with Crippen LogP contribution in [0.4, 0.5) is 0 Å². The second kappa shape index (κ2) is 5.72. The molecule has 4 N–H and O–H groups in total. The van der Waals surface area contributed by atoms with E-state index < -0.39 is 12.0 Å². The van der Waals surface area contributed by atoms with E-state index in [9.17, 15) is 9.90 Å². The zero-order valence-corrected chi connectivity index (χ0v) is 10.0. The summed E-state index contributed by atoms with van der Waals surface area (Å²) in [5, 5.41) is 18.7. The Morgan fingerprint density at radius 3 is 2.50 bits per heavy atom. The normalized spacial score (nSPS) is 11.7. The van der Waals surface area contributed by atoms with E-state index in [0.717, 1.165) is 0 Å². The molecule has 1 aromatic carbocycles. The van der Waals surface area contributed by atoms with Crippen molar-refractivity contribution < 1.29 is 15.0 Å². The molecular weight excluding hydrogens is 230 g/mol. The van der Waals surface area contributed by atoms with Crippen LogP contribution >= 0.6 is 12.4 Å². The summed E-state index contributed by atoms with van der Waals surface area (Å²) in [5.74, 6) is -1.08. The highest BCUT2D eigenvalue weighted by molar-refractivity contribution is 5.90. The highest BCUT2D eigenvalue weighted by Crippen LogP contribution is 2.31. The number of carboxylic acid groups (broad SMARTS) is 1. The third-order valence-electron chi connectivity index (χ3n) is 2.46. The van der Waals surface area contributed by atoms with Gasteiger partial charge in [-0.1, -0.05) is 13.0 Å². The topological polar surface area (TPSA) is 83.6 Å². The van der Waals surface area contributed by atoms with Crippen molar-refractivity contribution in [2.24, 2.45) is 5.73 Å². The van der Waals surface area contributed by atoms with Crippen molar-refractivity contribution in [3.05, 3.63) is 28.8 Å². The maximum absolute atomic E-state index is 10.9. The molecule has 0 radical (unpaired) electrons. The van der Waals surface area contributed by atoms with E-state index in [1.165, 1.54) is 6.07 Å². The molecule has 0 aliphatic heterocycles. The predicted octanol–water partition coefficient (Wildman–Crippen LogP) is 2.23. The Morgan fingerprint density at radius 1 is 1.50 bits per heavy atom. The first-order chi connectivity index (χ1) is 6.99. The number of aromatic carboxylic acids is 1. The summed E-state index contributed by atoms with van der Waals surface area (Å²) in [4.78, 5) is 10.9. The zero-order chi connectivity index (χ0) is 11.6. The Hall–Kier alpha value is -1.26. The number of aromatic hydroxyl groups is 1. The van der Waals surface area contributed by atoms with Crippen molar-refractivity contribution in [3.8, 4) is 5.75 Å². The van der Waals surface area contributed by atoms with Crippen LogP contribution in [0.2, 0.25) is 0 Å². The standard InChI is InChI=1S/C11H15NO3.ClH/c1-3-8(12)9-7(11(14)15)5-4-6(2)10(9)13;/h4-5,8,13H,3,12H2,1-2H3,(H,14,15);1H/t8-;/m1./s1. The number of phenols is 1. The number of hydrogen-bond acceptors (Lipinski definition) is 3. The van der Waals surface area contributed by atoms with E-state index in [4.69, 9.17) is 10.8 Å². The molecule has 0 bridgehead atoms. The van der Waals surface area contributed by atoms with Gasteiger partial charge in [-0.15, -0.1) is 12.4 Å². The van der Waals surface area contributed by atoms with E-state index >= 15 is 0 Å². The van der Waals surface area contributed by atoms with Crippen LogP contribution in [-0.2, 0) is 0 Å². The SMILES string of the molecule is CC[C@@H](N)c1c(C(=O)O)ccc(C)c1O.Cl. The number of hydrogen-bond donors (Lipinski definition) is 3. The number of benzene rings is 1. The van der Waals surface area contributed by atoms with Gasteiger partial charge in [0.15, 0.2) is 0 Å². The highest BCUT2D eigenvalue weighted by Gasteiger charge is 2.19. The Morgan fingerprint density at radius 2 is 2.06 bits per heavy atom. The van der Waals surface area contributed by atoms with E-state index in [-0.39, 0.29) is 23.7 Å². The van der Waals surface area contributed by atoms with Gasteiger partial charge in [-0.05, 0) is 25.0 Å². The fourth-order valence-electron chi connectivity index (χ4n) is 1.48. The molecular formula is C11H16ClNO3. The number of carbonyl (C=O) groups is 1. The Balaban J connectivity index is 0.00000225. The van der Waals surface area contributed by atoms with Crippen molar-refractivity contribution in [2.75, 3.05) is 0 Å². The summed E-state index contributed by atoms with van der Waals surface area (Å²) in [6, 6.07) is 2.60. The summed E-state index contributed by atoms with van der Waals surface area (Å²) in [6.45, 7) is 3.56. The molecule has 90 valence electrons. The van der Waals surface area contributed by atoms with Gasteiger partial charge in [0.1, 0.15) is 5.75 Å². The van der Waals surface area contributed by atoms with Gasteiger partial charge in [0.2, 0.25) is 0 Å². The maximum Gasteiger partial charge on any atom is 0.336 e. The molecule has 16 heavy (non-hydrogen) atoms. The summed E-state index contributed by atoms with van der Waals surface area (Å²) >= 11 is 0. The molecule has 1 rings (SSSR count). The van der Waals surface area contributed by atoms with Gasteiger partial charge in [-0.3, -0.25) is 0 Å². The second-order valence-corrected chi connectivity index (χ2v) is 3.51. The lowest BCUT2D eigenvalue weighted by Crippen LogP contribution is -2.14. The summed E-state index contributed by atoms with van der Waals surface area (Å²) in [7, 11) is 0. The zero-order valence-electron chi connectivity index (χ0n) is 9.23. The lowest BCUT2D eigenvalue weighted by Gasteiger charge is -2.15. The number of nitrogens with two attached hydrogens (primary N) is 1. The van der Waals surface area contributed by atoms with E-state index in [1.54, 1.807) is 13.0 Å². The summed E-state index contributed by atoms with van der Waals surface area (Å²) in [5.41, 5.74) is 6.82. The first-order valence-electron chi connectivity index (χ1n) is 4.80. The average Bonchev–Trinajstić information content (AvgIpc) is 2.20. The van der Waals surface area contributed by atoms with Gasteiger partial charge >= 0.3 is 5.97 Å². The molecule has 0 aromatic heterocycles. The Bertz CT molecular complexity index is 393. The lowest BCUT2D eigenvalue weighted by molar-refractivity contribution is 0.0694. The van der Waals surface area contributed by atoms with E-state index in [0.29, 0.717) is 17.5 Å². The highest BCUT2D eigenvalue weighted by atomic mass is 35.5. The third-order valence-corrected chi connectivity index (χ3v) is 2.46. The number of aryl methyl sites for hydroxylation is 1. The van der Waals surface area contributed by atoms with Gasteiger partial charge in [-0.2, -0.15) is 0 Å². The summed E-state index contributed by atoms with van der Waals surface area (Å²) in [6.07, 6.45) is 0.581. The van der Waals surface area contributed by atoms with E-state index in [1.807, 2.05) is 6.92 Å². The molecule has 5 heteroatoms. The number of rotatable bonds is 3. The van der Waals surface area contributed by atoms with Crippen LogP contribution in [0, 0.1) is 6.92 Å². The lowest BCUT2D eigenvalue weighted by atomic mass is 9.95. The van der Waals surface area contributed by atoms with Crippen molar-refractivity contribution in [1.82, 2.24) is 0 Å². The Labute approximate surface area is 100 Å². The molecule has 0 saturated carbocycles. The van der Waals surface area contributed by atoms with Gasteiger partial charge in [0, 0.05) is 11.6 Å². The van der Waals surface area contributed by atoms with Gasteiger partial charge in [-0.25, -0.2) is 4.79 Å². The van der Waals surface area contributed by atoms with Crippen LogP contribution < -0.4 is 5.73 Å². The fourth-order valence-corrected chi connectivity index (χ4v) is 1.48. The molecule has 0 spiro atoms. The largest absolute Gasteiger partial charge is 0.507 e. The molecule has 1 atom stereocenters. The van der Waals surface area contributed by atoms with Gasteiger partial charge in [0.25, 0.3) is 0 Å². The molecule has 0 amide bonds. The van der Waals surface area contributed by atoms with Gasteiger partial charge in [0.05, 0.1) is 5.56 Å². The van der Waals surface area contributed by atoms with Crippen molar-refractivity contribution in [1.29, 1.82) is 0 Å². The van der Waals surface area contributed by atoms with Crippen LogP contribution in [0.25, 0.3) is 0 Å². The number of halogens is 1. The predicted molar refractivity (Wildman–Crippen MR) is 64.3 cm³/mol. The Kier molecular flexibility index (Phi) is 5.27. The molecule has 0 saturated heterocycles. The molecule has 0 fully saturated rings. The quantitative estimate of drug-likeness (QED) is 0.763. The number of carboxylic acids is 1.